The molecule has 0 aliphatic carbocycles. The lowest BCUT2D eigenvalue weighted by Crippen LogP contribution is -1.92. The zero-order valence-corrected chi connectivity index (χ0v) is 7.51. The Morgan fingerprint density at radius 2 is 2.25 bits per heavy atom. The van der Waals surface area contributed by atoms with Crippen LogP contribution in [0, 0.1) is 13.8 Å². The molecule has 1 aromatic heterocycles. The molecule has 1 atom stereocenters. The third kappa shape index (κ3) is 1.46. The van der Waals surface area contributed by atoms with Crippen LogP contribution in [0.5, 0.6) is 0 Å². The fraction of sp³-hybridized carbons (Fsp3) is 0.444. The van der Waals surface area contributed by atoms with Gasteiger partial charge in [-0.15, -0.1) is 0 Å². The topological polar surface area (TPSA) is 45.2 Å². The molecule has 0 aromatic carbocycles. The highest BCUT2D eigenvalue weighted by atomic mass is 16.1. The SMILES string of the molecule is Cc1c[nH]c(C)c1C(C)N=C=O. The summed E-state index contributed by atoms with van der Waals surface area (Å²) in [5.41, 5.74) is 3.30. The van der Waals surface area contributed by atoms with E-state index in [1.807, 2.05) is 27.0 Å². The van der Waals surface area contributed by atoms with E-state index in [2.05, 4.69) is 9.98 Å². The third-order valence-corrected chi connectivity index (χ3v) is 2.00. The molecule has 0 aliphatic heterocycles. The number of aromatic amines is 1. The Bertz CT molecular complexity index is 302. The van der Waals surface area contributed by atoms with Crippen molar-refractivity contribution in [2.75, 3.05) is 0 Å². The quantitative estimate of drug-likeness (QED) is 0.527. The highest BCUT2D eigenvalue weighted by Gasteiger charge is 2.10. The van der Waals surface area contributed by atoms with Gasteiger partial charge in [-0.1, -0.05) is 0 Å². The van der Waals surface area contributed by atoms with Gasteiger partial charge < -0.3 is 4.98 Å². The summed E-state index contributed by atoms with van der Waals surface area (Å²) in [5.74, 6) is 0. The van der Waals surface area contributed by atoms with Gasteiger partial charge in [0.05, 0.1) is 6.04 Å². The third-order valence-electron chi connectivity index (χ3n) is 2.00. The fourth-order valence-electron chi connectivity index (χ4n) is 1.45. The largest absolute Gasteiger partial charge is 0.365 e. The lowest BCUT2D eigenvalue weighted by molar-refractivity contribution is 0.559. The maximum Gasteiger partial charge on any atom is 0.235 e. The summed E-state index contributed by atoms with van der Waals surface area (Å²) in [5, 5.41) is 0. The van der Waals surface area contributed by atoms with Gasteiger partial charge in [0, 0.05) is 17.5 Å². The van der Waals surface area contributed by atoms with Crippen LogP contribution in [0.15, 0.2) is 11.2 Å². The van der Waals surface area contributed by atoms with E-state index in [0.717, 1.165) is 16.8 Å². The second-order valence-corrected chi connectivity index (χ2v) is 2.91. The van der Waals surface area contributed by atoms with Gasteiger partial charge in [0.1, 0.15) is 0 Å². The maximum atomic E-state index is 10.0. The van der Waals surface area contributed by atoms with Crippen molar-refractivity contribution in [3.05, 3.63) is 23.0 Å². The Morgan fingerprint density at radius 1 is 1.58 bits per heavy atom. The van der Waals surface area contributed by atoms with Crippen molar-refractivity contribution in [3.8, 4) is 0 Å². The van der Waals surface area contributed by atoms with Crippen LogP contribution in [0.3, 0.4) is 0 Å². The Hall–Kier alpha value is -1.34. The monoisotopic (exact) mass is 164 g/mol. The minimum atomic E-state index is -0.0891. The molecule has 0 saturated heterocycles. The number of aryl methyl sites for hydroxylation is 2. The number of hydrogen-bond acceptors (Lipinski definition) is 2. The normalized spacial score (nSPS) is 12.2. The highest BCUT2D eigenvalue weighted by molar-refractivity contribution is 5.38. The van der Waals surface area contributed by atoms with E-state index in [-0.39, 0.29) is 6.04 Å². The van der Waals surface area contributed by atoms with E-state index in [1.165, 1.54) is 0 Å². The van der Waals surface area contributed by atoms with Gasteiger partial charge in [-0.3, -0.25) is 0 Å². The van der Waals surface area contributed by atoms with Gasteiger partial charge in [0.15, 0.2) is 0 Å². The van der Waals surface area contributed by atoms with Gasteiger partial charge in [-0.2, -0.15) is 4.99 Å². The van der Waals surface area contributed by atoms with Gasteiger partial charge in [0.25, 0.3) is 0 Å². The number of carbonyl (C=O) groups excluding carboxylic acids is 1. The van der Waals surface area contributed by atoms with Crippen molar-refractivity contribution in [2.45, 2.75) is 26.8 Å². The van der Waals surface area contributed by atoms with Crippen molar-refractivity contribution < 1.29 is 4.79 Å². The molecule has 1 N–H and O–H groups in total. The summed E-state index contributed by atoms with van der Waals surface area (Å²) in [6.07, 6.45) is 3.49. The number of aromatic nitrogens is 1. The van der Waals surface area contributed by atoms with Gasteiger partial charge in [-0.25, -0.2) is 4.79 Å². The van der Waals surface area contributed by atoms with E-state index >= 15 is 0 Å². The molecule has 1 rings (SSSR count). The van der Waals surface area contributed by atoms with Gasteiger partial charge in [-0.05, 0) is 26.3 Å². The molecule has 64 valence electrons. The molecule has 0 fully saturated rings. The predicted octanol–water partition coefficient (Wildman–Crippen LogP) is 2.03. The summed E-state index contributed by atoms with van der Waals surface area (Å²) in [6.45, 7) is 5.85. The van der Waals surface area contributed by atoms with E-state index in [1.54, 1.807) is 6.08 Å². The second kappa shape index (κ2) is 3.37. The summed E-state index contributed by atoms with van der Waals surface area (Å²) < 4.78 is 0. The summed E-state index contributed by atoms with van der Waals surface area (Å²) in [7, 11) is 0. The van der Waals surface area contributed by atoms with E-state index in [4.69, 9.17) is 0 Å². The Kier molecular flexibility index (Phi) is 2.46. The molecule has 0 amide bonds. The molecule has 0 saturated carbocycles. The smallest absolute Gasteiger partial charge is 0.235 e. The number of nitrogens with one attached hydrogen (secondary N) is 1. The van der Waals surface area contributed by atoms with Crippen LogP contribution in [0.25, 0.3) is 0 Å². The molecule has 0 bridgehead atoms. The lowest BCUT2D eigenvalue weighted by atomic mass is 10.1. The van der Waals surface area contributed by atoms with Crippen LogP contribution in [-0.4, -0.2) is 11.1 Å². The molecule has 12 heavy (non-hydrogen) atoms. The minimum absolute atomic E-state index is 0.0891. The highest BCUT2D eigenvalue weighted by Crippen LogP contribution is 2.23. The Labute approximate surface area is 71.5 Å². The molecule has 3 nitrogen and oxygen atoms in total. The number of aliphatic imine (C=N–C) groups is 1. The van der Waals surface area contributed by atoms with Crippen molar-refractivity contribution >= 4 is 6.08 Å². The average Bonchev–Trinajstić information content (AvgIpc) is 2.32. The van der Waals surface area contributed by atoms with Gasteiger partial charge >= 0.3 is 0 Å². The molecular formula is C9H12N2O. The lowest BCUT2D eigenvalue weighted by Gasteiger charge is -2.04. The molecule has 3 heteroatoms. The maximum absolute atomic E-state index is 10.0. The molecular weight excluding hydrogens is 152 g/mol. The zero-order chi connectivity index (χ0) is 9.14. The molecule has 0 spiro atoms. The Morgan fingerprint density at radius 3 is 2.67 bits per heavy atom. The standard InChI is InChI=1S/C9H12N2O/c1-6-4-10-7(2)9(6)8(3)11-5-12/h4,8,10H,1-3H3. The first-order valence-corrected chi connectivity index (χ1v) is 3.88. The van der Waals surface area contributed by atoms with Crippen LogP contribution in [0.4, 0.5) is 0 Å². The number of rotatable bonds is 2. The molecule has 1 unspecified atom stereocenters. The van der Waals surface area contributed by atoms with Crippen LogP contribution in [0.2, 0.25) is 0 Å². The van der Waals surface area contributed by atoms with Crippen LogP contribution < -0.4 is 0 Å². The first-order valence-electron chi connectivity index (χ1n) is 3.88. The minimum Gasteiger partial charge on any atom is -0.365 e. The predicted molar refractivity (Wildman–Crippen MR) is 46.8 cm³/mol. The van der Waals surface area contributed by atoms with Crippen LogP contribution >= 0.6 is 0 Å². The molecule has 1 heterocycles. The van der Waals surface area contributed by atoms with E-state index in [0.29, 0.717) is 0 Å². The van der Waals surface area contributed by atoms with Crippen molar-refractivity contribution in [1.29, 1.82) is 0 Å². The van der Waals surface area contributed by atoms with Crippen molar-refractivity contribution in [3.63, 3.8) is 0 Å². The number of nitrogens with zero attached hydrogens (tertiary/aromatic N) is 1. The van der Waals surface area contributed by atoms with Gasteiger partial charge in [0.2, 0.25) is 6.08 Å². The number of hydrogen-bond donors (Lipinski definition) is 1. The zero-order valence-electron chi connectivity index (χ0n) is 7.51. The summed E-state index contributed by atoms with van der Waals surface area (Å²) >= 11 is 0. The van der Waals surface area contributed by atoms with E-state index in [9.17, 15) is 4.79 Å². The molecule has 0 radical (unpaired) electrons. The second-order valence-electron chi connectivity index (χ2n) is 2.91. The first-order chi connectivity index (χ1) is 5.66. The average molecular weight is 164 g/mol. The van der Waals surface area contributed by atoms with Crippen LogP contribution in [-0.2, 0) is 4.79 Å². The van der Waals surface area contributed by atoms with Crippen molar-refractivity contribution in [2.24, 2.45) is 4.99 Å². The molecule has 0 aliphatic rings. The number of H-pyrrole nitrogens is 1. The summed E-state index contributed by atoms with van der Waals surface area (Å²) in [4.78, 5) is 16.8. The first kappa shape index (κ1) is 8.75. The number of isocyanates is 1. The van der Waals surface area contributed by atoms with Crippen molar-refractivity contribution in [1.82, 2.24) is 4.98 Å². The van der Waals surface area contributed by atoms with E-state index < -0.39 is 0 Å². The Balaban J connectivity index is 3.08. The van der Waals surface area contributed by atoms with Crippen LogP contribution in [0.1, 0.15) is 29.8 Å². The fourth-order valence-corrected chi connectivity index (χ4v) is 1.45. The summed E-state index contributed by atoms with van der Waals surface area (Å²) in [6, 6.07) is -0.0891. The molecule has 1 aromatic rings.